The number of fused-ring (bicyclic) bond motifs is 1. The number of hydrogen-bond acceptors (Lipinski definition) is 10. The Morgan fingerprint density at radius 2 is 2.12 bits per heavy atom. The molecule has 1 fully saturated rings. The van der Waals surface area contributed by atoms with Crippen molar-refractivity contribution in [3.63, 3.8) is 0 Å². The number of nitrogens with zero attached hydrogens (tertiary/aromatic N) is 6. The van der Waals surface area contributed by atoms with Crippen molar-refractivity contribution in [1.82, 2.24) is 25.0 Å². The summed E-state index contributed by atoms with van der Waals surface area (Å²) in [5.74, 6) is 1.25. The molecule has 10 nitrogen and oxygen atoms in total. The molecule has 2 aliphatic rings. The molecule has 5 heterocycles. The normalized spacial score (nSPS) is 19.6. The van der Waals surface area contributed by atoms with Gasteiger partial charge in [-0.1, -0.05) is 5.16 Å². The van der Waals surface area contributed by atoms with Gasteiger partial charge in [-0.05, 0) is 19.4 Å². The van der Waals surface area contributed by atoms with Crippen LogP contribution in [0.3, 0.4) is 0 Å². The maximum Gasteiger partial charge on any atom is 0.222 e. The lowest BCUT2D eigenvalue weighted by Gasteiger charge is -2.31. The highest BCUT2D eigenvalue weighted by atomic mass is 16.5. The van der Waals surface area contributed by atoms with Crippen LogP contribution >= 0.6 is 0 Å². The van der Waals surface area contributed by atoms with Crippen LogP contribution in [0, 0.1) is 6.92 Å². The monoisotopic (exact) mass is 438 g/mol. The van der Waals surface area contributed by atoms with Crippen LogP contribution in [0.25, 0.3) is 0 Å². The van der Waals surface area contributed by atoms with Gasteiger partial charge >= 0.3 is 0 Å². The van der Waals surface area contributed by atoms with Gasteiger partial charge in [-0.15, -0.1) is 0 Å². The second-order valence-corrected chi connectivity index (χ2v) is 8.12. The summed E-state index contributed by atoms with van der Waals surface area (Å²) in [6.45, 7) is 4.77. The van der Waals surface area contributed by atoms with E-state index in [2.05, 4.69) is 31.1 Å². The Balaban J connectivity index is 1.30. The van der Waals surface area contributed by atoms with Crippen molar-refractivity contribution < 1.29 is 19.1 Å². The molecule has 5 rings (SSSR count). The fourth-order valence-electron chi connectivity index (χ4n) is 4.34. The Morgan fingerprint density at radius 3 is 2.91 bits per heavy atom. The van der Waals surface area contributed by atoms with Crippen molar-refractivity contribution in [2.24, 2.45) is 0 Å². The number of aryl methyl sites for hydroxylation is 1. The van der Waals surface area contributed by atoms with E-state index in [-0.39, 0.29) is 6.10 Å². The van der Waals surface area contributed by atoms with E-state index in [9.17, 15) is 5.11 Å². The zero-order valence-corrected chi connectivity index (χ0v) is 18.1. The molecule has 0 saturated carbocycles. The number of ether oxygens (including phenoxy) is 2. The third kappa shape index (κ3) is 3.98. The van der Waals surface area contributed by atoms with Gasteiger partial charge < -0.3 is 24.0 Å². The molecular weight excluding hydrogens is 412 g/mol. The fourth-order valence-corrected chi connectivity index (χ4v) is 4.34. The van der Waals surface area contributed by atoms with Crippen molar-refractivity contribution in [1.29, 1.82) is 0 Å². The van der Waals surface area contributed by atoms with Crippen molar-refractivity contribution in [3.8, 4) is 11.8 Å². The number of aliphatic hydroxyl groups is 1. The zero-order valence-electron chi connectivity index (χ0n) is 18.1. The van der Waals surface area contributed by atoms with Crippen LogP contribution in [-0.4, -0.2) is 63.0 Å². The van der Waals surface area contributed by atoms with Crippen LogP contribution in [0.2, 0.25) is 0 Å². The van der Waals surface area contributed by atoms with E-state index in [1.165, 1.54) is 6.26 Å². The van der Waals surface area contributed by atoms with Gasteiger partial charge in [-0.3, -0.25) is 4.90 Å². The third-order valence-corrected chi connectivity index (χ3v) is 6.06. The number of methoxy groups -OCH3 is 1. The topological polar surface area (TPSA) is 110 Å². The number of hydrogen-bond donors (Lipinski definition) is 1. The molecule has 0 bridgehead atoms. The van der Waals surface area contributed by atoms with E-state index >= 15 is 0 Å². The van der Waals surface area contributed by atoms with Crippen LogP contribution < -0.4 is 14.4 Å². The second kappa shape index (κ2) is 8.71. The first-order valence-electron chi connectivity index (χ1n) is 10.7. The van der Waals surface area contributed by atoms with Crippen LogP contribution in [0.1, 0.15) is 35.2 Å². The summed E-state index contributed by atoms with van der Waals surface area (Å²) >= 11 is 0. The molecule has 0 aromatic carbocycles. The summed E-state index contributed by atoms with van der Waals surface area (Å²) in [5.41, 5.74) is 4.55. The van der Waals surface area contributed by atoms with E-state index in [0.29, 0.717) is 37.1 Å². The highest BCUT2D eigenvalue weighted by molar-refractivity contribution is 5.52. The lowest BCUT2D eigenvalue weighted by atomic mass is 10.1. The standard InChI is InChI=1S/C22H26N6O4/c1-14-9-15(10-23-20(14)30-2)27-7-4-18-17(12-27)21(25-13-24-18)32-16-3-6-28(11-16)22(29)19-5-8-31-26-19/h5,8-10,13,16,22,29H,3-4,6-7,11-12H2,1-2H3/t16-,22?/m0/s1. The fraction of sp³-hybridized carbons (Fsp3) is 0.455. The van der Waals surface area contributed by atoms with Crippen molar-refractivity contribution in [2.45, 2.75) is 38.6 Å². The number of aromatic nitrogens is 4. The minimum absolute atomic E-state index is 0.0733. The van der Waals surface area contributed by atoms with Gasteiger partial charge in [0.05, 0.1) is 36.8 Å². The van der Waals surface area contributed by atoms with E-state index in [1.807, 2.05) is 18.0 Å². The van der Waals surface area contributed by atoms with Crippen molar-refractivity contribution >= 4 is 5.69 Å². The first-order chi connectivity index (χ1) is 15.6. The van der Waals surface area contributed by atoms with Gasteiger partial charge in [0.2, 0.25) is 11.8 Å². The van der Waals surface area contributed by atoms with Crippen LogP contribution in [0.4, 0.5) is 5.69 Å². The quantitative estimate of drug-likeness (QED) is 0.612. The lowest BCUT2D eigenvalue weighted by molar-refractivity contribution is 0.00632. The summed E-state index contributed by atoms with van der Waals surface area (Å²) in [7, 11) is 1.63. The molecule has 0 spiro atoms. The van der Waals surface area contributed by atoms with E-state index in [4.69, 9.17) is 14.0 Å². The van der Waals surface area contributed by atoms with Crippen molar-refractivity contribution in [3.05, 3.63) is 53.4 Å². The minimum Gasteiger partial charge on any atom is -0.481 e. The molecule has 0 aliphatic carbocycles. The molecule has 1 saturated heterocycles. The zero-order chi connectivity index (χ0) is 22.1. The number of rotatable bonds is 6. The van der Waals surface area contributed by atoms with Gasteiger partial charge in [-0.25, -0.2) is 15.0 Å². The van der Waals surface area contributed by atoms with E-state index in [0.717, 1.165) is 41.9 Å². The van der Waals surface area contributed by atoms with Gasteiger partial charge in [0.25, 0.3) is 0 Å². The molecule has 1 unspecified atom stereocenters. The van der Waals surface area contributed by atoms with E-state index < -0.39 is 6.23 Å². The molecule has 3 aromatic heterocycles. The number of aliphatic hydroxyl groups excluding tert-OH is 1. The average molecular weight is 438 g/mol. The molecular formula is C22H26N6O4. The summed E-state index contributed by atoms with van der Waals surface area (Å²) < 4.78 is 16.4. The SMILES string of the molecule is COc1ncc(N2CCc3ncnc(O[C@H]4CCN(C(O)c5ccon5)C4)c3C2)cc1C. The first kappa shape index (κ1) is 20.7. The molecule has 168 valence electrons. The summed E-state index contributed by atoms with van der Waals surface area (Å²) in [6.07, 6.45) is 5.58. The molecule has 3 aromatic rings. The van der Waals surface area contributed by atoms with Crippen LogP contribution in [-0.2, 0) is 13.0 Å². The number of anilines is 1. The Morgan fingerprint density at radius 1 is 1.22 bits per heavy atom. The van der Waals surface area contributed by atoms with Gasteiger partial charge in [0.15, 0.2) is 6.23 Å². The lowest BCUT2D eigenvalue weighted by Crippen LogP contribution is -2.33. The minimum atomic E-state index is -0.803. The predicted octanol–water partition coefficient (Wildman–Crippen LogP) is 1.88. The molecule has 32 heavy (non-hydrogen) atoms. The second-order valence-electron chi connectivity index (χ2n) is 8.12. The van der Waals surface area contributed by atoms with Crippen LogP contribution in [0.15, 0.2) is 35.4 Å². The predicted molar refractivity (Wildman–Crippen MR) is 114 cm³/mol. The number of likely N-dealkylation sites (tertiary alicyclic amines) is 1. The number of pyridine rings is 1. The molecule has 0 amide bonds. The van der Waals surface area contributed by atoms with Crippen molar-refractivity contribution in [2.75, 3.05) is 31.6 Å². The van der Waals surface area contributed by atoms with Crippen LogP contribution in [0.5, 0.6) is 11.8 Å². The Kier molecular flexibility index (Phi) is 5.62. The first-order valence-corrected chi connectivity index (χ1v) is 10.7. The molecule has 2 atom stereocenters. The molecule has 2 aliphatic heterocycles. The molecule has 1 N–H and O–H groups in total. The summed E-state index contributed by atoms with van der Waals surface area (Å²) in [6, 6.07) is 3.76. The Bertz CT molecular complexity index is 1080. The highest BCUT2D eigenvalue weighted by Gasteiger charge is 2.32. The summed E-state index contributed by atoms with van der Waals surface area (Å²) in [4.78, 5) is 17.5. The maximum atomic E-state index is 10.5. The van der Waals surface area contributed by atoms with E-state index in [1.54, 1.807) is 19.5 Å². The smallest absolute Gasteiger partial charge is 0.222 e. The van der Waals surface area contributed by atoms with Gasteiger partial charge in [0, 0.05) is 37.7 Å². The highest BCUT2D eigenvalue weighted by Crippen LogP contribution is 2.31. The van der Waals surface area contributed by atoms with Gasteiger partial charge in [0.1, 0.15) is 24.4 Å². The average Bonchev–Trinajstić information content (AvgIpc) is 3.51. The van der Waals surface area contributed by atoms with Gasteiger partial charge in [-0.2, -0.15) is 0 Å². The summed E-state index contributed by atoms with van der Waals surface area (Å²) in [5, 5.41) is 14.3. The largest absolute Gasteiger partial charge is 0.481 e. The Labute approximate surface area is 185 Å². The molecule has 0 radical (unpaired) electrons. The maximum absolute atomic E-state index is 10.5. The third-order valence-electron chi connectivity index (χ3n) is 6.06. The molecule has 10 heteroatoms. The Hall–Kier alpha value is -3.24.